The van der Waals surface area contributed by atoms with Gasteiger partial charge in [0.1, 0.15) is 12.4 Å². The van der Waals surface area contributed by atoms with Gasteiger partial charge in [0.25, 0.3) is 5.56 Å². The molecule has 0 saturated heterocycles. The molecule has 0 aliphatic heterocycles. The van der Waals surface area contributed by atoms with Crippen molar-refractivity contribution in [1.82, 2.24) is 14.5 Å². The second-order valence-corrected chi connectivity index (χ2v) is 8.95. The first kappa shape index (κ1) is 27.9. The highest BCUT2D eigenvalue weighted by molar-refractivity contribution is 6.30. The van der Waals surface area contributed by atoms with Crippen LogP contribution in [0.1, 0.15) is 19.4 Å². The van der Waals surface area contributed by atoms with Crippen LogP contribution in [-0.4, -0.2) is 50.6 Å². The molecule has 0 radical (unpaired) electrons. The number of hydrogen-bond acceptors (Lipinski definition) is 7. The molecule has 0 unspecified atom stereocenters. The Balaban J connectivity index is 2.00. The van der Waals surface area contributed by atoms with Crippen LogP contribution in [0.4, 0.5) is 15.9 Å². The van der Waals surface area contributed by atoms with E-state index >= 15 is 0 Å². The monoisotopic (exact) mass is 534 g/mol. The van der Waals surface area contributed by atoms with Crippen LogP contribution in [0.3, 0.4) is 0 Å². The van der Waals surface area contributed by atoms with Crippen molar-refractivity contribution in [3.8, 4) is 5.75 Å². The maximum atomic E-state index is 14.5. The van der Waals surface area contributed by atoms with Crippen LogP contribution >= 0.6 is 11.6 Å². The van der Waals surface area contributed by atoms with Crippen molar-refractivity contribution in [2.45, 2.75) is 39.1 Å². The van der Waals surface area contributed by atoms with E-state index in [4.69, 9.17) is 16.3 Å². The first-order valence-electron chi connectivity index (χ1n) is 11.4. The third kappa shape index (κ3) is 7.42. The summed E-state index contributed by atoms with van der Waals surface area (Å²) in [6.45, 7) is 1.88. The van der Waals surface area contributed by atoms with Gasteiger partial charge >= 0.3 is 5.69 Å². The number of rotatable bonds is 11. The van der Waals surface area contributed by atoms with Crippen molar-refractivity contribution in [2.24, 2.45) is 0 Å². The average molecular weight is 535 g/mol. The molecule has 198 valence electrons. The molecule has 1 amide bonds. The van der Waals surface area contributed by atoms with Gasteiger partial charge in [-0.05, 0) is 43.7 Å². The second-order valence-electron chi connectivity index (χ2n) is 8.52. The van der Waals surface area contributed by atoms with Crippen molar-refractivity contribution >= 4 is 29.0 Å². The van der Waals surface area contributed by atoms with Crippen LogP contribution in [0.2, 0.25) is 5.02 Å². The van der Waals surface area contributed by atoms with E-state index in [0.717, 1.165) is 10.6 Å². The van der Waals surface area contributed by atoms with Gasteiger partial charge in [-0.3, -0.25) is 18.7 Å². The molecule has 4 N–H and O–H groups in total. The van der Waals surface area contributed by atoms with Gasteiger partial charge in [0.15, 0.2) is 11.6 Å². The molecule has 3 rings (SSSR count). The van der Waals surface area contributed by atoms with Gasteiger partial charge in [-0.2, -0.15) is 0 Å². The number of nitrogens with zero attached hydrogens (tertiary/aromatic N) is 2. The Kier molecular flexibility index (Phi) is 9.45. The lowest BCUT2D eigenvalue weighted by molar-refractivity contribution is -0.123. The Bertz CT molecular complexity index is 1350. The van der Waals surface area contributed by atoms with E-state index in [0.29, 0.717) is 10.6 Å². The fourth-order valence-corrected chi connectivity index (χ4v) is 3.56. The minimum absolute atomic E-state index is 0.00711. The topological polar surface area (TPSA) is 135 Å². The number of ether oxygens (including phenoxy) is 1. The summed E-state index contributed by atoms with van der Waals surface area (Å²) < 4.78 is 21.9. The van der Waals surface area contributed by atoms with Gasteiger partial charge < -0.3 is 25.6 Å². The highest BCUT2D eigenvalue weighted by atomic mass is 35.5. The number of nitrogens with one attached hydrogen (secondary N) is 2. The summed E-state index contributed by atoms with van der Waals surface area (Å²) >= 11 is 5.96. The van der Waals surface area contributed by atoms with E-state index in [2.05, 4.69) is 10.6 Å². The molecular weight excluding hydrogens is 507 g/mol. The first-order chi connectivity index (χ1) is 17.6. The zero-order valence-corrected chi connectivity index (χ0v) is 21.0. The number of aromatic nitrogens is 2. The van der Waals surface area contributed by atoms with E-state index in [1.54, 1.807) is 44.2 Å². The lowest BCUT2D eigenvalue weighted by atomic mass is 10.2. The summed E-state index contributed by atoms with van der Waals surface area (Å²) in [6, 6.07) is 11.0. The van der Waals surface area contributed by atoms with E-state index in [1.165, 1.54) is 16.7 Å². The molecule has 0 atom stereocenters. The third-order valence-corrected chi connectivity index (χ3v) is 5.46. The van der Waals surface area contributed by atoms with E-state index in [9.17, 15) is 29.0 Å². The third-order valence-electron chi connectivity index (χ3n) is 5.21. The van der Waals surface area contributed by atoms with Crippen LogP contribution in [0.15, 0.2) is 58.1 Å². The van der Waals surface area contributed by atoms with Crippen molar-refractivity contribution in [3.05, 3.63) is 85.8 Å². The largest absolute Gasteiger partial charge is 0.488 e. The maximum Gasteiger partial charge on any atom is 0.333 e. The fraction of sp³-hybridized carbons (Fsp3) is 0.320. The van der Waals surface area contributed by atoms with Gasteiger partial charge in [-0.25, -0.2) is 9.18 Å². The number of aliphatic hydroxyl groups is 2. The highest BCUT2D eigenvalue weighted by Crippen LogP contribution is 2.24. The summed E-state index contributed by atoms with van der Waals surface area (Å²) in [4.78, 5) is 38.5. The van der Waals surface area contributed by atoms with Crippen LogP contribution in [0.25, 0.3) is 0 Å². The molecule has 0 aliphatic rings. The molecule has 10 nitrogen and oxygen atoms in total. The van der Waals surface area contributed by atoms with Gasteiger partial charge in [-0.15, -0.1) is 0 Å². The maximum absolute atomic E-state index is 14.5. The molecule has 0 saturated carbocycles. The minimum Gasteiger partial charge on any atom is -0.488 e. The van der Waals surface area contributed by atoms with Gasteiger partial charge in [0, 0.05) is 22.8 Å². The number of amides is 1. The quantitative estimate of drug-likeness (QED) is 0.295. The van der Waals surface area contributed by atoms with Crippen molar-refractivity contribution in [3.63, 3.8) is 0 Å². The predicted octanol–water partition coefficient (Wildman–Crippen LogP) is 1.85. The summed E-state index contributed by atoms with van der Waals surface area (Å²) in [7, 11) is 0. The highest BCUT2D eigenvalue weighted by Gasteiger charge is 2.17. The SMILES string of the molecule is CC(C)Oc1ccc(Nc2cc(=O)n(CC(=O)NC(CO)CO)c(=O)n2Cc2ccc(Cl)cc2)cc1F. The molecule has 0 bridgehead atoms. The Morgan fingerprint density at radius 3 is 2.32 bits per heavy atom. The molecule has 3 aromatic rings. The second kappa shape index (κ2) is 12.5. The number of anilines is 2. The van der Waals surface area contributed by atoms with Crippen LogP contribution in [0.5, 0.6) is 5.75 Å². The summed E-state index contributed by atoms with van der Waals surface area (Å²) in [5.74, 6) is -1.24. The fourth-order valence-electron chi connectivity index (χ4n) is 3.43. The van der Waals surface area contributed by atoms with Gasteiger partial charge in [0.2, 0.25) is 5.91 Å². The van der Waals surface area contributed by atoms with E-state index < -0.39 is 48.8 Å². The Morgan fingerprint density at radius 1 is 1.05 bits per heavy atom. The lowest BCUT2D eigenvalue weighted by Crippen LogP contribution is -2.47. The average Bonchev–Trinajstić information content (AvgIpc) is 2.85. The van der Waals surface area contributed by atoms with Gasteiger partial charge in [0.05, 0.1) is 31.9 Å². The molecule has 37 heavy (non-hydrogen) atoms. The van der Waals surface area contributed by atoms with Crippen molar-refractivity contribution in [1.29, 1.82) is 0 Å². The summed E-state index contributed by atoms with van der Waals surface area (Å²) in [5.41, 5.74) is -0.636. The standard InChI is InChI=1S/C25H28ClFN4O6/c1-15(2)37-21-8-7-18(9-20(21)27)28-22-10-24(35)31(12-23(34)29-19(13-32)14-33)25(36)30(22)11-16-3-5-17(26)6-4-16/h3-10,15,19,28,32-33H,11-14H2,1-2H3,(H,29,34). The normalized spacial score (nSPS) is 11.1. The number of aliphatic hydroxyl groups excluding tert-OH is 2. The van der Waals surface area contributed by atoms with E-state index in [1.807, 2.05) is 0 Å². The first-order valence-corrected chi connectivity index (χ1v) is 11.8. The number of halogens is 2. The molecule has 0 spiro atoms. The van der Waals surface area contributed by atoms with E-state index in [-0.39, 0.29) is 29.9 Å². The van der Waals surface area contributed by atoms with Crippen LogP contribution < -0.4 is 26.6 Å². The Hall–Kier alpha value is -3.67. The predicted molar refractivity (Wildman–Crippen MR) is 137 cm³/mol. The zero-order chi connectivity index (χ0) is 27.1. The molecule has 2 aromatic carbocycles. The Labute approximate surface area is 216 Å². The number of benzene rings is 2. The molecular formula is C25H28ClFN4O6. The molecule has 0 aliphatic carbocycles. The number of hydrogen-bond donors (Lipinski definition) is 4. The van der Waals surface area contributed by atoms with Crippen molar-refractivity contribution < 1.29 is 24.1 Å². The number of carbonyl (C=O) groups is 1. The van der Waals surface area contributed by atoms with Crippen LogP contribution in [-0.2, 0) is 17.9 Å². The minimum atomic E-state index is -0.932. The lowest BCUT2D eigenvalue weighted by Gasteiger charge is -2.18. The summed E-state index contributed by atoms with van der Waals surface area (Å²) in [6.07, 6.45) is -0.229. The molecule has 1 aromatic heterocycles. The van der Waals surface area contributed by atoms with Crippen LogP contribution in [0, 0.1) is 5.82 Å². The zero-order valence-electron chi connectivity index (χ0n) is 20.3. The Morgan fingerprint density at radius 2 is 1.73 bits per heavy atom. The number of carbonyl (C=O) groups excluding carboxylic acids is 1. The van der Waals surface area contributed by atoms with Crippen molar-refractivity contribution in [2.75, 3.05) is 18.5 Å². The smallest absolute Gasteiger partial charge is 0.333 e. The molecule has 12 heteroatoms. The molecule has 0 fully saturated rings. The van der Waals surface area contributed by atoms with Gasteiger partial charge in [-0.1, -0.05) is 23.7 Å². The molecule has 1 heterocycles. The summed E-state index contributed by atoms with van der Waals surface area (Å²) in [5, 5.41) is 24.1.